The topological polar surface area (TPSA) is 61.0 Å². The highest BCUT2D eigenvalue weighted by atomic mass is 35.5. The number of methoxy groups -OCH3 is 1. The second kappa shape index (κ2) is 5.69. The lowest BCUT2D eigenvalue weighted by Gasteiger charge is -2.07. The Morgan fingerprint density at radius 2 is 2.09 bits per heavy atom. The number of aryl methyl sites for hydroxylation is 1. The van der Waals surface area contributed by atoms with Crippen LogP contribution in [0.4, 0.5) is 0 Å². The van der Waals surface area contributed by atoms with Crippen LogP contribution in [0.25, 0.3) is 6.08 Å². The molecule has 2 heterocycles. The predicted molar refractivity (Wildman–Crippen MR) is 82.1 cm³/mol. The third kappa shape index (κ3) is 2.76. The van der Waals surface area contributed by atoms with Gasteiger partial charge in [0, 0.05) is 11.1 Å². The average Bonchev–Trinajstić information content (AvgIpc) is 3.06. The van der Waals surface area contributed by atoms with E-state index in [0.717, 1.165) is 5.76 Å². The van der Waals surface area contributed by atoms with Gasteiger partial charge in [0.05, 0.1) is 12.7 Å². The molecule has 0 unspecified atom stereocenters. The van der Waals surface area contributed by atoms with Crippen LogP contribution < -0.4 is 4.74 Å². The summed E-state index contributed by atoms with van der Waals surface area (Å²) in [7, 11) is 1.52. The lowest BCUT2D eigenvalue weighted by molar-refractivity contribution is -0.129. The van der Waals surface area contributed by atoms with Gasteiger partial charge in [-0.1, -0.05) is 11.6 Å². The van der Waals surface area contributed by atoms with Crippen molar-refractivity contribution in [1.29, 1.82) is 0 Å². The maximum Gasteiger partial charge on any atom is 0.363 e. The molecule has 0 atom stereocenters. The molecule has 0 radical (unpaired) electrons. The molecule has 0 N–H and O–H groups in total. The Hall–Kier alpha value is -2.53. The molecule has 1 aliphatic rings. The zero-order chi connectivity index (χ0) is 15.7. The minimum atomic E-state index is -0.550. The monoisotopic (exact) mass is 317 g/mol. The highest BCUT2D eigenvalue weighted by Gasteiger charge is 2.26. The van der Waals surface area contributed by atoms with Crippen LogP contribution in [0.2, 0.25) is 5.02 Å². The van der Waals surface area contributed by atoms with Crippen molar-refractivity contribution >= 4 is 29.5 Å². The molecule has 0 spiro atoms. The van der Waals surface area contributed by atoms with Crippen LogP contribution in [0.15, 0.2) is 45.4 Å². The maximum absolute atomic E-state index is 11.9. The molecule has 0 saturated heterocycles. The van der Waals surface area contributed by atoms with E-state index in [1.807, 2.05) is 6.92 Å². The summed E-state index contributed by atoms with van der Waals surface area (Å²) >= 11 is 5.98. The second-order valence-corrected chi connectivity index (χ2v) is 5.07. The normalized spacial score (nSPS) is 15.9. The van der Waals surface area contributed by atoms with Gasteiger partial charge in [0.2, 0.25) is 5.90 Å². The molecule has 112 valence electrons. The molecule has 0 saturated carbocycles. The molecule has 1 aliphatic heterocycles. The highest BCUT2D eigenvalue weighted by molar-refractivity contribution is 6.31. The first-order valence-corrected chi connectivity index (χ1v) is 6.87. The smallest absolute Gasteiger partial charge is 0.363 e. The molecule has 0 fully saturated rings. The highest BCUT2D eigenvalue weighted by Crippen LogP contribution is 2.27. The lowest BCUT2D eigenvalue weighted by atomic mass is 10.2. The predicted octanol–water partition coefficient (Wildman–Crippen LogP) is 3.59. The van der Waals surface area contributed by atoms with Crippen molar-refractivity contribution in [3.05, 3.63) is 58.1 Å². The van der Waals surface area contributed by atoms with E-state index in [2.05, 4.69) is 4.99 Å². The first-order chi connectivity index (χ1) is 10.6. The summed E-state index contributed by atoms with van der Waals surface area (Å²) in [6, 6.07) is 8.56. The van der Waals surface area contributed by atoms with Gasteiger partial charge in [0.1, 0.15) is 17.3 Å². The Morgan fingerprint density at radius 1 is 1.27 bits per heavy atom. The van der Waals surface area contributed by atoms with Crippen molar-refractivity contribution in [1.82, 2.24) is 0 Å². The van der Waals surface area contributed by atoms with Crippen molar-refractivity contribution in [2.45, 2.75) is 6.92 Å². The molecule has 0 aliphatic carbocycles. The fourth-order valence-corrected chi connectivity index (χ4v) is 2.21. The van der Waals surface area contributed by atoms with Crippen molar-refractivity contribution in [3.63, 3.8) is 0 Å². The third-order valence-corrected chi connectivity index (χ3v) is 3.29. The summed E-state index contributed by atoms with van der Waals surface area (Å²) in [5, 5.41) is 0.494. The molecule has 2 aromatic rings. The van der Waals surface area contributed by atoms with Gasteiger partial charge in [-0.15, -0.1) is 0 Å². The van der Waals surface area contributed by atoms with E-state index in [1.54, 1.807) is 30.3 Å². The lowest BCUT2D eigenvalue weighted by Crippen LogP contribution is -2.07. The van der Waals surface area contributed by atoms with E-state index in [-0.39, 0.29) is 11.6 Å². The molecule has 1 aromatic carbocycles. The zero-order valence-electron chi connectivity index (χ0n) is 11.9. The van der Waals surface area contributed by atoms with E-state index >= 15 is 0 Å². The summed E-state index contributed by atoms with van der Waals surface area (Å²) in [6.07, 6.45) is 1.53. The third-order valence-electron chi connectivity index (χ3n) is 3.05. The quantitative estimate of drug-likeness (QED) is 0.641. The minimum Gasteiger partial charge on any atom is -0.496 e. The zero-order valence-corrected chi connectivity index (χ0v) is 12.7. The number of furan rings is 1. The molecular formula is C16H12ClNO4. The van der Waals surface area contributed by atoms with Gasteiger partial charge in [-0.25, -0.2) is 9.79 Å². The maximum atomic E-state index is 11.9. The van der Waals surface area contributed by atoms with Crippen molar-refractivity contribution in [2.24, 2.45) is 4.99 Å². The first-order valence-electron chi connectivity index (χ1n) is 6.50. The van der Waals surface area contributed by atoms with Crippen LogP contribution in [0.1, 0.15) is 17.1 Å². The number of esters is 1. The number of halogens is 1. The number of carbonyl (C=O) groups excluding carboxylic acids is 1. The number of rotatable bonds is 3. The number of nitrogens with zero attached hydrogens (tertiary/aromatic N) is 1. The van der Waals surface area contributed by atoms with Crippen LogP contribution in [-0.4, -0.2) is 19.0 Å². The fourth-order valence-electron chi connectivity index (χ4n) is 2.04. The Bertz CT molecular complexity index is 804. The summed E-state index contributed by atoms with van der Waals surface area (Å²) in [5.74, 6) is 1.41. The number of aliphatic imine (C=N–C) groups is 1. The SMILES string of the molecule is COc1ccc(Cl)cc1C1=N/C(=C\c2ccc(C)o2)C(=O)O1. The van der Waals surface area contributed by atoms with Crippen LogP contribution in [0.3, 0.4) is 0 Å². The largest absolute Gasteiger partial charge is 0.496 e. The van der Waals surface area contributed by atoms with Crippen LogP contribution >= 0.6 is 11.6 Å². The minimum absolute atomic E-state index is 0.152. The average molecular weight is 318 g/mol. The van der Waals surface area contributed by atoms with Gasteiger partial charge < -0.3 is 13.9 Å². The molecule has 5 nitrogen and oxygen atoms in total. The van der Waals surface area contributed by atoms with Crippen molar-refractivity contribution in [2.75, 3.05) is 7.11 Å². The molecule has 1 aromatic heterocycles. The summed E-state index contributed by atoms with van der Waals surface area (Å²) in [6.45, 7) is 1.82. The molecule has 0 amide bonds. The van der Waals surface area contributed by atoms with Crippen LogP contribution in [0.5, 0.6) is 5.75 Å². The van der Waals surface area contributed by atoms with E-state index in [0.29, 0.717) is 22.1 Å². The van der Waals surface area contributed by atoms with E-state index in [9.17, 15) is 4.79 Å². The number of cyclic esters (lactones) is 1. The number of benzene rings is 1. The molecule has 0 bridgehead atoms. The Labute approximate surface area is 131 Å². The van der Waals surface area contributed by atoms with Gasteiger partial charge in [0.15, 0.2) is 5.70 Å². The Balaban J connectivity index is 2.00. The van der Waals surface area contributed by atoms with Gasteiger partial charge >= 0.3 is 5.97 Å². The van der Waals surface area contributed by atoms with Gasteiger partial charge in [-0.2, -0.15) is 0 Å². The van der Waals surface area contributed by atoms with E-state index in [1.165, 1.54) is 13.2 Å². The summed E-state index contributed by atoms with van der Waals surface area (Å²) in [5.41, 5.74) is 0.675. The molecule has 6 heteroatoms. The van der Waals surface area contributed by atoms with Gasteiger partial charge in [-0.3, -0.25) is 0 Å². The standard InChI is InChI=1S/C16H12ClNO4/c1-9-3-5-11(21-9)8-13-16(19)22-15(18-13)12-7-10(17)4-6-14(12)20-2/h3-8H,1-2H3/b13-8-. The molecular weight excluding hydrogens is 306 g/mol. The Morgan fingerprint density at radius 3 is 2.77 bits per heavy atom. The second-order valence-electron chi connectivity index (χ2n) is 4.63. The summed E-state index contributed by atoms with van der Waals surface area (Å²) < 4.78 is 15.8. The van der Waals surface area contributed by atoms with Crippen LogP contribution in [-0.2, 0) is 9.53 Å². The molecule has 3 rings (SSSR count). The number of hydrogen-bond donors (Lipinski definition) is 0. The van der Waals surface area contributed by atoms with E-state index in [4.69, 9.17) is 25.5 Å². The van der Waals surface area contributed by atoms with Crippen molar-refractivity contribution in [3.8, 4) is 5.75 Å². The summed E-state index contributed by atoms with van der Waals surface area (Å²) in [4.78, 5) is 16.1. The van der Waals surface area contributed by atoms with E-state index < -0.39 is 5.97 Å². The van der Waals surface area contributed by atoms with Crippen molar-refractivity contribution < 1.29 is 18.7 Å². The number of ether oxygens (including phenoxy) is 2. The number of hydrogen-bond acceptors (Lipinski definition) is 5. The molecule has 22 heavy (non-hydrogen) atoms. The van der Waals surface area contributed by atoms with Gasteiger partial charge in [-0.05, 0) is 37.3 Å². The Kier molecular flexibility index (Phi) is 3.73. The fraction of sp³-hybridized carbons (Fsp3) is 0.125. The van der Waals surface area contributed by atoms with Gasteiger partial charge in [0.25, 0.3) is 0 Å². The number of carbonyl (C=O) groups is 1. The first kappa shape index (κ1) is 14.4. The van der Waals surface area contributed by atoms with Crippen LogP contribution in [0, 0.1) is 6.92 Å².